The minimum atomic E-state index is -0.164. The predicted molar refractivity (Wildman–Crippen MR) is 130 cm³/mol. The number of hydrogen-bond donors (Lipinski definition) is 2. The summed E-state index contributed by atoms with van der Waals surface area (Å²) in [6.45, 7) is 3.61. The van der Waals surface area contributed by atoms with E-state index in [0.717, 1.165) is 41.5 Å². The van der Waals surface area contributed by atoms with E-state index in [1.165, 1.54) is 0 Å². The summed E-state index contributed by atoms with van der Waals surface area (Å²) in [5.41, 5.74) is 5.06. The van der Waals surface area contributed by atoms with Gasteiger partial charge < -0.3 is 14.6 Å². The van der Waals surface area contributed by atoms with E-state index in [1.807, 2.05) is 31.2 Å². The first-order valence-corrected chi connectivity index (χ1v) is 12.7. The van der Waals surface area contributed by atoms with Gasteiger partial charge in [0.05, 0.1) is 23.3 Å². The molecule has 0 radical (unpaired) electrons. The Morgan fingerprint density at radius 2 is 2.06 bits per heavy atom. The molecule has 1 saturated heterocycles. The predicted octanol–water partition coefficient (Wildman–Crippen LogP) is 2.62. The molecule has 0 saturated carbocycles. The first-order chi connectivity index (χ1) is 16.5. The highest BCUT2D eigenvalue weighted by Crippen LogP contribution is 2.30. The van der Waals surface area contributed by atoms with Gasteiger partial charge >= 0.3 is 0 Å². The number of piperidine rings is 1. The monoisotopic (exact) mass is 483 g/mol. The number of pyridine rings is 1. The Hall–Kier alpha value is -3.14. The van der Waals surface area contributed by atoms with Gasteiger partial charge in [-0.05, 0) is 44.0 Å². The fraction of sp³-hybridized carbons (Fsp3) is 0.458. The van der Waals surface area contributed by atoms with Crippen molar-refractivity contribution in [2.24, 2.45) is 5.10 Å². The van der Waals surface area contributed by atoms with Gasteiger partial charge in [0, 0.05) is 49.8 Å². The normalized spacial score (nSPS) is 16.7. The molecule has 0 unspecified atom stereocenters. The van der Waals surface area contributed by atoms with Crippen LogP contribution in [0.3, 0.4) is 0 Å². The first kappa shape index (κ1) is 24.0. The molecule has 0 spiro atoms. The summed E-state index contributed by atoms with van der Waals surface area (Å²) in [6.07, 6.45) is 3.76. The van der Waals surface area contributed by atoms with Crippen LogP contribution in [0.1, 0.15) is 59.1 Å². The van der Waals surface area contributed by atoms with Gasteiger partial charge in [-0.2, -0.15) is 16.9 Å². The zero-order valence-corrected chi connectivity index (χ0v) is 20.0. The maximum Gasteiger partial charge on any atom is 0.270 e. The summed E-state index contributed by atoms with van der Waals surface area (Å²) in [5, 5.41) is 6.93. The Bertz CT molecular complexity index is 1060. The van der Waals surface area contributed by atoms with Crippen molar-refractivity contribution in [3.8, 4) is 0 Å². The van der Waals surface area contributed by atoms with Crippen LogP contribution in [0, 0.1) is 6.92 Å². The number of hydrogen-bond acceptors (Lipinski definition) is 7. The van der Waals surface area contributed by atoms with Gasteiger partial charge in [-0.3, -0.25) is 19.4 Å². The molecule has 3 amide bonds. The van der Waals surface area contributed by atoms with Gasteiger partial charge in [-0.15, -0.1) is 0 Å². The average molecular weight is 484 g/mol. The first-order valence-electron chi connectivity index (χ1n) is 11.5. The Labute approximate surface area is 202 Å². The third kappa shape index (κ3) is 6.05. The summed E-state index contributed by atoms with van der Waals surface area (Å²) in [6, 6.07) is 7.51. The lowest BCUT2D eigenvalue weighted by Gasteiger charge is -2.33. The van der Waals surface area contributed by atoms with E-state index < -0.39 is 0 Å². The number of amides is 3. The molecule has 2 aliphatic rings. The Morgan fingerprint density at radius 3 is 2.76 bits per heavy atom. The van der Waals surface area contributed by atoms with Crippen LogP contribution >= 0.6 is 11.8 Å². The summed E-state index contributed by atoms with van der Waals surface area (Å²) >= 11 is 1.70. The molecule has 10 heteroatoms. The average Bonchev–Trinajstić information content (AvgIpc) is 3.37. The second kappa shape index (κ2) is 11.3. The van der Waals surface area contributed by atoms with Gasteiger partial charge in [0.15, 0.2) is 0 Å². The van der Waals surface area contributed by atoms with Crippen molar-refractivity contribution < 1.29 is 18.8 Å². The summed E-state index contributed by atoms with van der Waals surface area (Å²) in [4.78, 5) is 43.4. The number of nitrogens with one attached hydrogen (secondary N) is 2. The minimum absolute atomic E-state index is 0.103. The molecule has 4 heterocycles. The number of carbonyl (C=O) groups is 3. The van der Waals surface area contributed by atoms with Crippen molar-refractivity contribution in [3.05, 3.63) is 53.2 Å². The van der Waals surface area contributed by atoms with E-state index >= 15 is 0 Å². The molecule has 2 aromatic heterocycles. The van der Waals surface area contributed by atoms with E-state index in [-0.39, 0.29) is 30.1 Å². The quantitative estimate of drug-likeness (QED) is 0.558. The van der Waals surface area contributed by atoms with Crippen LogP contribution in [0.15, 0.2) is 40.0 Å². The largest absolute Gasteiger partial charge is 0.468 e. The highest BCUT2D eigenvalue weighted by molar-refractivity contribution is 7.98. The fourth-order valence-electron chi connectivity index (χ4n) is 4.15. The van der Waals surface area contributed by atoms with Crippen LogP contribution in [-0.2, 0) is 15.3 Å². The number of thioether (sulfide) groups is 1. The molecule has 0 aliphatic carbocycles. The highest BCUT2D eigenvalue weighted by Gasteiger charge is 2.30. The van der Waals surface area contributed by atoms with E-state index in [4.69, 9.17) is 9.40 Å². The number of nitrogens with zero attached hydrogens (tertiary/aromatic N) is 3. The van der Waals surface area contributed by atoms with Crippen LogP contribution in [0.5, 0.6) is 0 Å². The summed E-state index contributed by atoms with van der Waals surface area (Å²) in [5.74, 6) is 2.18. The SMILES string of the molecule is Cc1ccc(C(=O)NCCSCc2ccco2)c(C2CCN(C(=O)C3=NNC(=O)CC3)CC2)n1. The van der Waals surface area contributed by atoms with Crippen molar-refractivity contribution in [1.29, 1.82) is 0 Å². The molecule has 9 nitrogen and oxygen atoms in total. The summed E-state index contributed by atoms with van der Waals surface area (Å²) in [7, 11) is 0. The van der Waals surface area contributed by atoms with Gasteiger partial charge in [0.1, 0.15) is 11.5 Å². The molecule has 180 valence electrons. The molecule has 2 aliphatic heterocycles. The zero-order chi connectivity index (χ0) is 23.9. The second-order valence-corrected chi connectivity index (χ2v) is 9.54. The lowest BCUT2D eigenvalue weighted by atomic mass is 9.89. The van der Waals surface area contributed by atoms with Crippen molar-refractivity contribution in [3.63, 3.8) is 0 Å². The molecular weight excluding hydrogens is 454 g/mol. The van der Waals surface area contributed by atoms with Gasteiger partial charge in [-0.25, -0.2) is 5.43 Å². The van der Waals surface area contributed by atoms with Gasteiger partial charge in [0.25, 0.3) is 11.8 Å². The number of furan rings is 1. The Kier molecular flexibility index (Phi) is 7.99. The van der Waals surface area contributed by atoms with Gasteiger partial charge in [-0.1, -0.05) is 0 Å². The maximum absolute atomic E-state index is 12.9. The van der Waals surface area contributed by atoms with Crippen molar-refractivity contribution >= 4 is 35.2 Å². The molecule has 2 N–H and O–H groups in total. The van der Waals surface area contributed by atoms with E-state index in [9.17, 15) is 14.4 Å². The molecule has 4 rings (SSSR count). The molecule has 0 atom stereocenters. The van der Waals surface area contributed by atoms with Crippen LogP contribution in [0.25, 0.3) is 0 Å². The topological polar surface area (TPSA) is 117 Å². The second-order valence-electron chi connectivity index (χ2n) is 8.43. The highest BCUT2D eigenvalue weighted by atomic mass is 32.2. The molecule has 1 fully saturated rings. The zero-order valence-electron chi connectivity index (χ0n) is 19.2. The van der Waals surface area contributed by atoms with Crippen molar-refractivity contribution in [1.82, 2.24) is 20.6 Å². The number of carbonyl (C=O) groups excluding carboxylic acids is 3. The van der Waals surface area contributed by atoms with Crippen LogP contribution in [-0.4, -0.2) is 58.7 Å². The lowest BCUT2D eigenvalue weighted by molar-refractivity contribution is -0.125. The third-order valence-corrected chi connectivity index (χ3v) is 6.97. The number of aromatic nitrogens is 1. The number of rotatable bonds is 8. The van der Waals surface area contributed by atoms with Crippen LogP contribution in [0.4, 0.5) is 0 Å². The lowest BCUT2D eigenvalue weighted by Crippen LogP contribution is -2.44. The molecule has 2 aromatic rings. The standard InChI is InChI=1S/C24H29N5O4S/c1-16-4-5-19(23(31)25-10-14-34-15-18-3-2-13-33-18)22(26-16)17-8-11-29(12-9-17)24(32)20-6-7-21(30)28-27-20/h2-5,13,17H,6-12,14-15H2,1H3,(H,25,31)(H,28,30). The van der Waals surface area contributed by atoms with Gasteiger partial charge in [0.2, 0.25) is 5.91 Å². The molecule has 34 heavy (non-hydrogen) atoms. The number of aryl methyl sites for hydroxylation is 1. The van der Waals surface area contributed by atoms with Crippen molar-refractivity contribution in [2.75, 3.05) is 25.4 Å². The Morgan fingerprint density at radius 1 is 1.24 bits per heavy atom. The number of hydrazone groups is 1. The number of likely N-dealkylation sites (tertiary alicyclic amines) is 1. The van der Waals surface area contributed by atoms with Crippen LogP contribution in [0.2, 0.25) is 0 Å². The molecular formula is C24H29N5O4S. The van der Waals surface area contributed by atoms with E-state index in [0.29, 0.717) is 37.3 Å². The van der Waals surface area contributed by atoms with Crippen LogP contribution < -0.4 is 10.7 Å². The van der Waals surface area contributed by atoms with E-state index in [1.54, 1.807) is 22.9 Å². The maximum atomic E-state index is 12.9. The smallest absolute Gasteiger partial charge is 0.270 e. The van der Waals surface area contributed by atoms with E-state index in [2.05, 4.69) is 15.8 Å². The van der Waals surface area contributed by atoms with Crippen molar-refractivity contribution in [2.45, 2.75) is 44.3 Å². The Balaban J connectivity index is 1.31. The molecule has 0 aromatic carbocycles. The fourth-order valence-corrected chi connectivity index (χ4v) is 4.90. The minimum Gasteiger partial charge on any atom is -0.468 e. The third-order valence-electron chi connectivity index (χ3n) is 5.99. The molecule has 0 bridgehead atoms. The summed E-state index contributed by atoms with van der Waals surface area (Å²) < 4.78 is 5.32.